The van der Waals surface area contributed by atoms with E-state index in [9.17, 15) is 4.39 Å². The molecule has 0 aliphatic carbocycles. The van der Waals surface area contributed by atoms with Gasteiger partial charge in [0.25, 0.3) is 0 Å². The molecule has 0 N–H and O–H groups in total. The monoisotopic (exact) mass is 172 g/mol. The van der Waals surface area contributed by atoms with Gasteiger partial charge in [0.2, 0.25) is 0 Å². The first-order chi connectivity index (χ1) is 5.91. The summed E-state index contributed by atoms with van der Waals surface area (Å²) in [6.45, 7) is 2.23. The molecule has 72 valence electrons. The third-order valence-corrected chi connectivity index (χ3v) is 2.06. The lowest BCUT2D eigenvalue weighted by atomic mass is 10.1. The van der Waals surface area contributed by atoms with Crippen LogP contribution in [0.25, 0.3) is 0 Å². The van der Waals surface area contributed by atoms with E-state index in [1.54, 1.807) is 6.08 Å². The second kappa shape index (κ2) is 10.7. The van der Waals surface area contributed by atoms with Crippen LogP contribution in [-0.2, 0) is 0 Å². The predicted molar refractivity (Wildman–Crippen MR) is 52.9 cm³/mol. The van der Waals surface area contributed by atoms with E-state index in [2.05, 4.69) is 6.92 Å². The van der Waals surface area contributed by atoms with Crippen molar-refractivity contribution in [2.75, 3.05) is 0 Å². The Morgan fingerprint density at radius 1 is 0.917 bits per heavy atom. The summed E-state index contributed by atoms with van der Waals surface area (Å²) in [5.74, 6) is 0. The fraction of sp³-hybridized carbons (Fsp3) is 0.818. The lowest BCUT2D eigenvalue weighted by Crippen LogP contribution is -1.78. The highest BCUT2D eigenvalue weighted by Crippen LogP contribution is 2.08. The normalized spacial score (nSPS) is 11.2. The van der Waals surface area contributed by atoms with Crippen LogP contribution in [0.5, 0.6) is 0 Å². The highest BCUT2D eigenvalue weighted by Gasteiger charge is 1.88. The molecular weight excluding hydrogens is 151 g/mol. The van der Waals surface area contributed by atoms with Gasteiger partial charge in [0.15, 0.2) is 0 Å². The van der Waals surface area contributed by atoms with Crippen molar-refractivity contribution < 1.29 is 4.39 Å². The Balaban J connectivity index is 2.81. The summed E-state index contributed by atoms with van der Waals surface area (Å²) in [5, 5.41) is 0. The lowest BCUT2D eigenvalue weighted by molar-refractivity contribution is 0.590. The van der Waals surface area contributed by atoms with Gasteiger partial charge in [0.05, 0.1) is 6.33 Å². The first kappa shape index (κ1) is 11.7. The Morgan fingerprint density at radius 2 is 1.50 bits per heavy atom. The van der Waals surface area contributed by atoms with E-state index < -0.39 is 0 Å². The van der Waals surface area contributed by atoms with Crippen LogP contribution in [0.1, 0.15) is 58.3 Å². The van der Waals surface area contributed by atoms with Crippen LogP contribution >= 0.6 is 0 Å². The number of unbranched alkanes of at least 4 members (excludes halogenated alkanes) is 7. The fourth-order valence-corrected chi connectivity index (χ4v) is 1.28. The van der Waals surface area contributed by atoms with Gasteiger partial charge in [-0.25, -0.2) is 4.39 Å². The van der Waals surface area contributed by atoms with E-state index in [1.165, 1.54) is 38.5 Å². The molecule has 0 rings (SSSR count). The van der Waals surface area contributed by atoms with Gasteiger partial charge >= 0.3 is 0 Å². The number of hydrogen-bond donors (Lipinski definition) is 0. The van der Waals surface area contributed by atoms with Crippen LogP contribution in [0.3, 0.4) is 0 Å². The second-order valence-electron chi connectivity index (χ2n) is 3.27. The summed E-state index contributed by atoms with van der Waals surface area (Å²) >= 11 is 0. The number of allylic oxidation sites excluding steroid dienone is 1. The van der Waals surface area contributed by atoms with E-state index >= 15 is 0 Å². The molecule has 0 heterocycles. The van der Waals surface area contributed by atoms with Gasteiger partial charge in [-0.1, -0.05) is 51.5 Å². The zero-order valence-electron chi connectivity index (χ0n) is 8.19. The van der Waals surface area contributed by atoms with Crippen molar-refractivity contribution in [1.82, 2.24) is 0 Å². The molecule has 0 saturated carbocycles. The van der Waals surface area contributed by atoms with Crippen molar-refractivity contribution in [1.29, 1.82) is 0 Å². The van der Waals surface area contributed by atoms with Gasteiger partial charge in [0.1, 0.15) is 0 Å². The van der Waals surface area contributed by atoms with Crippen molar-refractivity contribution >= 4 is 0 Å². The van der Waals surface area contributed by atoms with Gasteiger partial charge in [-0.3, -0.25) is 0 Å². The summed E-state index contributed by atoms with van der Waals surface area (Å²) < 4.78 is 11.5. The lowest BCUT2D eigenvalue weighted by Gasteiger charge is -1.98. The Kier molecular flexibility index (Phi) is 10.4. The van der Waals surface area contributed by atoms with Crippen LogP contribution in [-0.4, -0.2) is 0 Å². The van der Waals surface area contributed by atoms with E-state index in [1.807, 2.05) is 0 Å². The molecule has 0 amide bonds. The molecule has 0 aromatic rings. The minimum atomic E-state index is 0.650. The largest absolute Gasteiger partial charge is 0.216 e. The van der Waals surface area contributed by atoms with E-state index in [-0.39, 0.29) is 0 Å². The SMILES string of the molecule is CCCCCCCCCC=CF. The zero-order valence-corrected chi connectivity index (χ0v) is 8.19. The molecule has 0 unspecified atom stereocenters. The zero-order chi connectivity index (χ0) is 9.07. The maximum Gasteiger partial charge on any atom is 0.0827 e. The molecule has 0 radical (unpaired) electrons. The minimum absolute atomic E-state index is 0.650. The molecular formula is C11H21F. The van der Waals surface area contributed by atoms with Crippen LogP contribution in [0, 0.1) is 0 Å². The average molecular weight is 172 g/mol. The molecule has 0 saturated heterocycles. The summed E-state index contributed by atoms with van der Waals surface area (Å²) in [6.07, 6.45) is 12.3. The van der Waals surface area contributed by atoms with Gasteiger partial charge in [0, 0.05) is 0 Å². The molecule has 0 fully saturated rings. The highest BCUT2D eigenvalue weighted by atomic mass is 19.1. The van der Waals surface area contributed by atoms with Crippen molar-refractivity contribution in [3.05, 3.63) is 12.4 Å². The highest BCUT2D eigenvalue weighted by molar-refractivity contribution is 4.71. The van der Waals surface area contributed by atoms with Crippen molar-refractivity contribution in [3.63, 3.8) is 0 Å². The van der Waals surface area contributed by atoms with Gasteiger partial charge in [-0.15, -0.1) is 0 Å². The molecule has 0 bridgehead atoms. The molecule has 0 aromatic carbocycles. The predicted octanol–water partition coefficient (Wildman–Crippen LogP) is 4.61. The van der Waals surface area contributed by atoms with Gasteiger partial charge in [-0.05, 0) is 12.8 Å². The van der Waals surface area contributed by atoms with Crippen LogP contribution < -0.4 is 0 Å². The van der Waals surface area contributed by atoms with E-state index in [0.29, 0.717) is 6.33 Å². The number of hydrogen-bond acceptors (Lipinski definition) is 0. The number of rotatable bonds is 8. The third kappa shape index (κ3) is 9.67. The molecule has 0 aliphatic heterocycles. The van der Waals surface area contributed by atoms with Crippen LogP contribution in [0.15, 0.2) is 12.4 Å². The Hall–Kier alpha value is -0.330. The second-order valence-corrected chi connectivity index (χ2v) is 3.27. The fourth-order valence-electron chi connectivity index (χ4n) is 1.28. The van der Waals surface area contributed by atoms with E-state index in [4.69, 9.17) is 0 Å². The van der Waals surface area contributed by atoms with Gasteiger partial charge in [-0.2, -0.15) is 0 Å². The van der Waals surface area contributed by atoms with Crippen molar-refractivity contribution in [2.45, 2.75) is 58.3 Å². The van der Waals surface area contributed by atoms with Crippen molar-refractivity contribution in [2.24, 2.45) is 0 Å². The molecule has 0 nitrogen and oxygen atoms in total. The molecule has 12 heavy (non-hydrogen) atoms. The first-order valence-corrected chi connectivity index (χ1v) is 5.17. The minimum Gasteiger partial charge on any atom is -0.216 e. The molecule has 0 aromatic heterocycles. The summed E-state index contributed by atoms with van der Waals surface area (Å²) in [7, 11) is 0. The standard InChI is InChI=1S/C11H21F/c1-2-3-4-5-6-7-8-9-10-11-12/h10-11H,2-9H2,1H3. The quantitative estimate of drug-likeness (QED) is 0.469. The topological polar surface area (TPSA) is 0 Å². The van der Waals surface area contributed by atoms with Crippen LogP contribution in [0.2, 0.25) is 0 Å². The summed E-state index contributed by atoms with van der Waals surface area (Å²) in [6, 6.07) is 0. The molecule has 0 atom stereocenters. The smallest absolute Gasteiger partial charge is 0.0827 e. The third-order valence-electron chi connectivity index (χ3n) is 2.06. The van der Waals surface area contributed by atoms with Crippen LogP contribution in [0.4, 0.5) is 4.39 Å². The summed E-state index contributed by atoms with van der Waals surface area (Å²) in [4.78, 5) is 0. The Labute approximate surface area is 75.9 Å². The first-order valence-electron chi connectivity index (χ1n) is 5.17. The molecule has 0 aliphatic rings. The average Bonchev–Trinajstić information content (AvgIpc) is 2.10. The maximum atomic E-state index is 11.5. The molecule has 1 heteroatoms. The van der Waals surface area contributed by atoms with Crippen molar-refractivity contribution in [3.8, 4) is 0 Å². The molecule has 0 spiro atoms. The van der Waals surface area contributed by atoms with E-state index in [0.717, 1.165) is 12.8 Å². The Morgan fingerprint density at radius 3 is 2.08 bits per heavy atom. The van der Waals surface area contributed by atoms with Gasteiger partial charge < -0.3 is 0 Å². The summed E-state index contributed by atoms with van der Waals surface area (Å²) in [5.41, 5.74) is 0. The maximum absolute atomic E-state index is 11.5. The number of halogens is 1. The Bertz CT molecular complexity index is 97.2.